The van der Waals surface area contributed by atoms with Crippen LogP contribution in [0.15, 0.2) is 18.2 Å². The van der Waals surface area contributed by atoms with Crippen LogP contribution < -0.4 is 14.8 Å². The number of benzene rings is 1. The van der Waals surface area contributed by atoms with E-state index >= 15 is 0 Å². The van der Waals surface area contributed by atoms with Crippen molar-refractivity contribution in [3.63, 3.8) is 0 Å². The van der Waals surface area contributed by atoms with Crippen molar-refractivity contribution in [2.75, 3.05) is 12.1 Å². The van der Waals surface area contributed by atoms with Gasteiger partial charge in [-0.05, 0) is 19.1 Å². The summed E-state index contributed by atoms with van der Waals surface area (Å²) in [5.41, 5.74) is 1.06. The number of halogens is 1. The average Bonchev–Trinajstić information content (AvgIpc) is 2.49. The van der Waals surface area contributed by atoms with Gasteiger partial charge in [-0.2, -0.15) is 0 Å². The lowest BCUT2D eigenvalue weighted by Gasteiger charge is -2.08. The molecule has 3 nitrogen and oxygen atoms in total. The van der Waals surface area contributed by atoms with Gasteiger partial charge < -0.3 is 14.8 Å². The Hall–Kier alpha value is -0.650. The number of hydrogen-bond acceptors (Lipinski definition) is 3. The Labute approximate surface area is 90.6 Å². The molecule has 1 aromatic carbocycles. The summed E-state index contributed by atoms with van der Waals surface area (Å²) in [6.45, 7) is 2.42. The quantitative estimate of drug-likeness (QED) is 0.516. The lowest BCUT2D eigenvalue weighted by Crippen LogP contribution is -2.05. The molecule has 1 aromatic rings. The van der Waals surface area contributed by atoms with Gasteiger partial charge in [-0.1, -0.05) is 22.6 Å². The number of nitrogens with one attached hydrogen (secondary N) is 1. The van der Waals surface area contributed by atoms with Crippen LogP contribution >= 0.6 is 22.6 Å². The second-order valence-corrected chi connectivity index (χ2v) is 4.70. The molecular weight excluding hydrogens is 281 g/mol. The molecule has 0 spiro atoms. The number of hydrogen-bond donors (Lipinski definition) is 1. The lowest BCUT2D eigenvalue weighted by atomic mass is 10.3. The van der Waals surface area contributed by atoms with Crippen LogP contribution in [0.25, 0.3) is 0 Å². The van der Waals surface area contributed by atoms with Crippen molar-refractivity contribution >= 4 is 28.3 Å². The van der Waals surface area contributed by atoms with E-state index in [0.29, 0.717) is 10.8 Å². The van der Waals surface area contributed by atoms with E-state index in [1.165, 1.54) is 0 Å². The van der Waals surface area contributed by atoms with E-state index in [9.17, 15) is 0 Å². The molecule has 1 aliphatic heterocycles. The maximum atomic E-state index is 5.26. The third-order valence-electron chi connectivity index (χ3n) is 1.74. The molecular formula is C9H10INO2. The molecule has 4 heteroatoms. The molecule has 1 heterocycles. The third kappa shape index (κ3) is 1.99. The van der Waals surface area contributed by atoms with Crippen molar-refractivity contribution in [3.05, 3.63) is 18.2 Å². The highest BCUT2D eigenvalue weighted by atomic mass is 127. The maximum absolute atomic E-state index is 5.26. The summed E-state index contributed by atoms with van der Waals surface area (Å²) in [7, 11) is 0. The van der Waals surface area contributed by atoms with E-state index < -0.39 is 0 Å². The molecule has 0 saturated heterocycles. The molecule has 0 bridgehead atoms. The van der Waals surface area contributed by atoms with Crippen LogP contribution in [0.3, 0.4) is 0 Å². The fourth-order valence-electron chi connectivity index (χ4n) is 1.22. The van der Waals surface area contributed by atoms with Gasteiger partial charge in [0.2, 0.25) is 6.79 Å². The molecule has 0 radical (unpaired) electrons. The molecule has 0 aromatic heterocycles. The van der Waals surface area contributed by atoms with Crippen LogP contribution in [0.5, 0.6) is 11.5 Å². The van der Waals surface area contributed by atoms with E-state index in [0.717, 1.165) is 17.2 Å². The zero-order valence-electron chi connectivity index (χ0n) is 7.21. The van der Waals surface area contributed by atoms with Gasteiger partial charge in [-0.15, -0.1) is 0 Å². The molecule has 2 rings (SSSR count). The summed E-state index contributed by atoms with van der Waals surface area (Å²) in [4.78, 5) is 0. The largest absolute Gasteiger partial charge is 0.454 e. The van der Waals surface area contributed by atoms with Crippen molar-refractivity contribution < 1.29 is 9.47 Å². The Morgan fingerprint density at radius 1 is 1.38 bits per heavy atom. The van der Waals surface area contributed by atoms with E-state index in [1.54, 1.807) is 0 Å². The summed E-state index contributed by atoms with van der Waals surface area (Å²) in [5, 5.41) is 3.29. The Bertz CT molecular complexity index is 314. The standard InChI is InChI=1S/C9H10INO2/c1-6(10)11-7-2-3-8-9(4-7)13-5-12-8/h2-4,6,11H,5H2,1H3/t6-/m0/s1. The minimum Gasteiger partial charge on any atom is -0.454 e. The molecule has 0 saturated carbocycles. The third-order valence-corrected chi connectivity index (χ3v) is 2.05. The number of anilines is 1. The average molecular weight is 291 g/mol. The van der Waals surface area contributed by atoms with Crippen LogP contribution in [0, 0.1) is 0 Å². The topological polar surface area (TPSA) is 30.5 Å². The second-order valence-electron chi connectivity index (χ2n) is 2.83. The van der Waals surface area contributed by atoms with Crippen molar-refractivity contribution in [2.24, 2.45) is 0 Å². The fourth-order valence-corrected chi connectivity index (χ4v) is 1.58. The normalized spacial score (nSPS) is 15.5. The summed E-state index contributed by atoms with van der Waals surface area (Å²) >= 11 is 2.31. The van der Waals surface area contributed by atoms with Gasteiger partial charge in [0.1, 0.15) is 0 Å². The minimum absolute atomic E-state index is 0.332. The minimum atomic E-state index is 0.332. The first-order valence-corrected chi connectivity index (χ1v) is 5.30. The van der Waals surface area contributed by atoms with Crippen LogP contribution in [0.4, 0.5) is 5.69 Å². The van der Waals surface area contributed by atoms with Gasteiger partial charge in [-0.25, -0.2) is 0 Å². The molecule has 0 unspecified atom stereocenters. The fraction of sp³-hybridized carbons (Fsp3) is 0.333. The van der Waals surface area contributed by atoms with E-state index in [1.807, 2.05) is 18.2 Å². The number of alkyl halides is 1. The molecule has 0 aliphatic carbocycles. The zero-order valence-corrected chi connectivity index (χ0v) is 9.37. The van der Waals surface area contributed by atoms with Crippen LogP contribution in [0.1, 0.15) is 6.92 Å². The number of rotatable bonds is 2. The van der Waals surface area contributed by atoms with E-state index in [-0.39, 0.29) is 0 Å². The highest BCUT2D eigenvalue weighted by molar-refractivity contribution is 14.1. The number of fused-ring (bicyclic) bond motifs is 1. The van der Waals surface area contributed by atoms with E-state index in [4.69, 9.17) is 9.47 Å². The maximum Gasteiger partial charge on any atom is 0.231 e. The van der Waals surface area contributed by atoms with Crippen LogP contribution in [0.2, 0.25) is 0 Å². The Balaban J connectivity index is 2.21. The predicted molar refractivity (Wildman–Crippen MR) is 59.7 cm³/mol. The summed E-state index contributed by atoms with van der Waals surface area (Å²) in [5.74, 6) is 1.65. The predicted octanol–water partition coefficient (Wildman–Crippen LogP) is 2.61. The van der Waals surface area contributed by atoms with Gasteiger partial charge in [0, 0.05) is 11.8 Å². The molecule has 0 fully saturated rings. The molecule has 70 valence electrons. The van der Waals surface area contributed by atoms with Gasteiger partial charge in [0.15, 0.2) is 11.5 Å². The highest BCUT2D eigenvalue weighted by Crippen LogP contribution is 2.34. The Morgan fingerprint density at radius 3 is 2.92 bits per heavy atom. The van der Waals surface area contributed by atoms with Gasteiger partial charge >= 0.3 is 0 Å². The van der Waals surface area contributed by atoms with Crippen LogP contribution in [-0.2, 0) is 0 Å². The van der Waals surface area contributed by atoms with E-state index in [2.05, 4.69) is 34.8 Å². The smallest absolute Gasteiger partial charge is 0.231 e. The van der Waals surface area contributed by atoms with Crippen molar-refractivity contribution in [1.29, 1.82) is 0 Å². The summed E-state index contributed by atoms with van der Waals surface area (Å²) in [6.07, 6.45) is 0. The highest BCUT2D eigenvalue weighted by Gasteiger charge is 2.13. The van der Waals surface area contributed by atoms with Crippen molar-refractivity contribution in [1.82, 2.24) is 0 Å². The first-order chi connectivity index (χ1) is 6.25. The molecule has 1 atom stereocenters. The second kappa shape index (κ2) is 3.61. The lowest BCUT2D eigenvalue weighted by molar-refractivity contribution is 0.174. The zero-order chi connectivity index (χ0) is 9.26. The van der Waals surface area contributed by atoms with Crippen molar-refractivity contribution in [3.8, 4) is 11.5 Å². The molecule has 1 aliphatic rings. The first-order valence-electron chi connectivity index (χ1n) is 4.06. The molecule has 1 N–H and O–H groups in total. The van der Waals surface area contributed by atoms with Gasteiger partial charge in [0.25, 0.3) is 0 Å². The SMILES string of the molecule is C[C@@H](I)Nc1ccc2c(c1)OCO2. The Kier molecular flexibility index (Phi) is 2.48. The monoisotopic (exact) mass is 291 g/mol. The summed E-state index contributed by atoms with van der Waals surface area (Å²) < 4.78 is 10.9. The number of ether oxygens (including phenoxy) is 2. The van der Waals surface area contributed by atoms with Crippen LogP contribution in [-0.4, -0.2) is 10.8 Å². The van der Waals surface area contributed by atoms with Gasteiger partial charge in [-0.3, -0.25) is 0 Å². The first kappa shape index (κ1) is 8.93. The molecule has 13 heavy (non-hydrogen) atoms. The van der Waals surface area contributed by atoms with Crippen molar-refractivity contribution in [2.45, 2.75) is 11.0 Å². The molecule has 0 amide bonds. The summed E-state index contributed by atoms with van der Waals surface area (Å²) in [6, 6.07) is 5.86. The Morgan fingerprint density at radius 2 is 2.15 bits per heavy atom. The van der Waals surface area contributed by atoms with Gasteiger partial charge in [0.05, 0.1) is 4.05 Å².